The molecule has 0 atom stereocenters. The van der Waals surface area contributed by atoms with Gasteiger partial charge in [0.05, 0.1) is 11.6 Å². The standard InChI is InChI=1S/C20H24ClN3O/c1-20(2,23)18-12-16(13-22)6-9-19(18)25-11-10-24(3)14-15-4-7-17(21)8-5-15/h4-9,12H,10-11,14,23H2,1-3H3. The molecule has 4 nitrogen and oxygen atoms in total. The summed E-state index contributed by atoms with van der Waals surface area (Å²) in [4.78, 5) is 2.18. The van der Waals surface area contributed by atoms with Crippen LogP contribution in [0.15, 0.2) is 42.5 Å². The topological polar surface area (TPSA) is 62.3 Å². The lowest BCUT2D eigenvalue weighted by atomic mass is 9.93. The number of rotatable bonds is 7. The lowest BCUT2D eigenvalue weighted by Crippen LogP contribution is -2.30. The van der Waals surface area contributed by atoms with Crippen LogP contribution in [0.2, 0.25) is 5.02 Å². The molecule has 0 amide bonds. The Morgan fingerprint density at radius 1 is 1.20 bits per heavy atom. The molecule has 0 aliphatic heterocycles. The van der Waals surface area contributed by atoms with Gasteiger partial charge in [-0.15, -0.1) is 0 Å². The number of benzene rings is 2. The molecule has 0 unspecified atom stereocenters. The zero-order valence-electron chi connectivity index (χ0n) is 14.9. The number of likely N-dealkylation sites (N-methyl/N-ethyl adjacent to an activating group) is 1. The minimum absolute atomic E-state index is 0.541. The highest BCUT2D eigenvalue weighted by Crippen LogP contribution is 2.29. The van der Waals surface area contributed by atoms with Crippen molar-refractivity contribution in [1.29, 1.82) is 5.26 Å². The Bertz CT molecular complexity index is 745. The van der Waals surface area contributed by atoms with Gasteiger partial charge in [0.1, 0.15) is 12.4 Å². The first-order valence-electron chi connectivity index (χ1n) is 8.19. The van der Waals surface area contributed by atoms with Gasteiger partial charge in [-0.2, -0.15) is 5.26 Å². The molecule has 0 aliphatic carbocycles. The van der Waals surface area contributed by atoms with Crippen LogP contribution in [0, 0.1) is 11.3 Å². The molecule has 0 saturated carbocycles. The maximum Gasteiger partial charge on any atom is 0.124 e. The molecule has 0 spiro atoms. The van der Waals surface area contributed by atoms with Crippen LogP contribution in [0.1, 0.15) is 30.5 Å². The first-order chi connectivity index (χ1) is 11.8. The van der Waals surface area contributed by atoms with Crippen molar-refractivity contribution in [1.82, 2.24) is 4.90 Å². The second-order valence-electron chi connectivity index (χ2n) is 6.76. The van der Waals surface area contributed by atoms with Gasteiger partial charge in [0, 0.05) is 29.2 Å². The minimum atomic E-state index is -0.572. The van der Waals surface area contributed by atoms with Crippen molar-refractivity contribution in [2.24, 2.45) is 5.73 Å². The van der Waals surface area contributed by atoms with Crippen LogP contribution < -0.4 is 10.5 Å². The Morgan fingerprint density at radius 3 is 2.48 bits per heavy atom. The Balaban J connectivity index is 1.95. The van der Waals surface area contributed by atoms with Crippen LogP contribution in [0.5, 0.6) is 5.75 Å². The predicted molar refractivity (Wildman–Crippen MR) is 102 cm³/mol. The van der Waals surface area contributed by atoms with E-state index in [2.05, 4.69) is 11.0 Å². The highest BCUT2D eigenvalue weighted by molar-refractivity contribution is 6.30. The summed E-state index contributed by atoms with van der Waals surface area (Å²) in [5, 5.41) is 9.82. The lowest BCUT2D eigenvalue weighted by Gasteiger charge is -2.24. The van der Waals surface area contributed by atoms with Gasteiger partial charge in [0.25, 0.3) is 0 Å². The summed E-state index contributed by atoms with van der Waals surface area (Å²) in [5.74, 6) is 0.728. The average Bonchev–Trinajstić information content (AvgIpc) is 2.56. The average molecular weight is 358 g/mol. The molecular formula is C20H24ClN3O. The quantitative estimate of drug-likeness (QED) is 0.815. The van der Waals surface area contributed by atoms with Crippen molar-refractivity contribution in [2.75, 3.05) is 20.2 Å². The number of nitriles is 1. The summed E-state index contributed by atoms with van der Waals surface area (Å²) in [6, 6.07) is 15.4. The fourth-order valence-electron chi connectivity index (χ4n) is 2.52. The van der Waals surface area contributed by atoms with Gasteiger partial charge in [-0.05, 0) is 56.8 Å². The molecule has 2 aromatic carbocycles. The van der Waals surface area contributed by atoms with Gasteiger partial charge in [-0.3, -0.25) is 4.90 Å². The van der Waals surface area contributed by atoms with Crippen molar-refractivity contribution >= 4 is 11.6 Å². The summed E-state index contributed by atoms with van der Waals surface area (Å²) in [6.07, 6.45) is 0. The smallest absolute Gasteiger partial charge is 0.124 e. The predicted octanol–water partition coefficient (Wildman–Crippen LogP) is 3.92. The molecule has 0 fully saturated rings. The largest absolute Gasteiger partial charge is 0.492 e. The van der Waals surface area contributed by atoms with Crippen LogP contribution >= 0.6 is 11.6 Å². The highest BCUT2D eigenvalue weighted by Gasteiger charge is 2.20. The van der Waals surface area contributed by atoms with E-state index >= 15 is 0 Å². The first-order valence-corrected chi connectivity index (χ1v) is 8.56. The second-order valence-corrected chi connectivity index (χ2v) is 7.19. The van der Waals surface area contributed by atoms with Crippen molar-refractivity contribution in [3.05, 3.63) is 64.2 Å². The Hall–Kier alpha value is -2.06. The molecule has 0 bridgehead atoms. The maximum atomic E-state index is 9.08. The number of hydrogen-bond donors (Lipinski definition) is 1. The van der Waals surface area contributed by atoms with E-state index in [0.29, 0.717) is 12.2 Å². The normalized spacial score (nSPS) is 11.4. The van der Waals surface area contributed by atoms with Gasteiger partial charge in [0.15, 0.2) is 0 Å². The molecule has 25 heavy (non-hydrogen) atoms. The molecular weight excluding hydrogens is 334 g/mol. The van der Waals surface area contributed by atoms with Crippen LogP contribution in [-0.2, 0) is 12.1 Å². The van der Waals surface area contributed by atoms with Crippen LogP contribution in [-0.4, -0.2) is 25.1 Å². The molecule has 2 N–H and O–H groups in total. The second kappa shape index (κ2) is 8.35. The van der Waals surface area contributed by atoms with Crippen molar-refractivity contribution in [3.63, 3.8) is 0 Å². The van der Waals surface area contributed by atoms with E-state index in [0.717, 1.165) is 29.4 Å². The van der Waals surface area contributed by atoms with E-state index < -0.39 is 5.54 Å². The minimum Gasteiger partial charge on any atom is -0.492 e. The summed E-state index contributed by atoms with van der Waals surface area (Å²) in [7, 11) is 2.05. The summed E-state index contributed by atoms with van der Waals surface area (Å²) >= 11 is 5.91. The SMILES string of the molecule is CN(CCOc1ccc(C#N)cc1C(C)(C)N)Cc1ccc(Cl)cc1. The van der Waals surface area contributed by atoms with Gasteiger partial charge in [-0.1, -0.05) is 23.7 Å². The Morgan fingerprint density at radius 2 is 1.88 bits per heavy atom. The third-order valence-electron chi connectivity index (χ3n) is 3.90. The van der Waals surface area contributed by atoms with E-state index in [1.54, 1.807) is 12.1 Å². The summed E-state index contributed by atoms with van der Waals surface area (Å²) in [6.45, 7) is 5.95. The van der Waals surface area contributed by atoms with Gasteiger partial charge in [0.2, 0.25) is 0 Å². The molecule has 2 aromatic rings. The molecule has 0 aliphatic rings. The fraction of sp³-hybridized carbons (Fsp3) is 0.350. The molecule has 2 rings (SSSR count). The molecule has 5 heteroatoms. The molecule has 0 heterocycles. The Kier molecular flexibility index (Phi) is 6.44. The third-order valence-corrected chi connectivity index (χ3v) is 4.15. The van der Waals surface area contributed by atoms with Gasteiger partial charge in [-0.25, -0.2) is 0 Å². The first kappa shape index (κ1) is 19.3. The van der Waals surface area contributed by atoms with E-state index in [1.165, 1.54) is 5.56 Å². The van der Waals surface area contributed by atoms with Crippen molar-refractivity contribution in [3.8, 4) is 11.8 Å². The number of nitrogens with two attached hydrogens (primary N) is 1. The molecule has 0 radical (unpaired) electrons. The van der Waals surface area contributed by atoms with Crippen LogP contribution in [0.3, 0.4) is 0 Å². The number of hydrogen-bond acceptors (Lipinski definition) is 4. The Labute approximate surface area is 154 Å². The van der Waals surface area contributed by atoms with Crippen molar-refractivity contribution in [2.45, 2.75) is 25.9 Å². The molecule has 132 valence electrons. The summed E-state index contributed by atoms with van der Waals surface area (Å²) < 4.78 is 5.94. The zero-order chi connectivity index (χ0) is 18.4. The third kappa shape index (κ3) is 5.75. The van der Waals surface area contributed by atoms with E-state index in [1.807, 2.05) is 51.2 Å². The van der Waals surface area contributed by atoms with Gasteiger partial charge < -0.3 is 10.5 Å². The number of halogens is 1. The highest BCUT2D eigenvalue weighted by atomic mass is 35.5. The van der Waals surface area contributed by atoms with Gasteiger partial charge >= 0.3 is 0 Å². The van der Waals surface area contributed by atoms with E-state index in [4.69, 9.17) is 27.3 Å². The zero-order valence-corrected chi connectivity index (χ0v) is 15.7. The van der Waals surface area contributed by atoms with Crippen LogP contribution in [0.25, 0.3) is 0 Å². The number of ether oxygens (including phenoxy) is 1. The monoisotopic (exact) mass is 357 g/mol. The molecule has 0 saturated heterocycles. The summed E-state index contributed by atoms with van der Waals surface area (Å²) in [5.41, 5.74) is 8.27. The molecule has 0 aromatic heterocycles. The number of nitrogens with zero attached hydrogens (tertiary/aromatic N) is 2. The lowest BCUT2D eigenvalue weighted by molar-refractivity contribution is 0.229. The fourth-order valence-corrected chi connectivity index (χ4v) is 2.65. The van der Waals surface area contributed by atoms with Crippen molar-refractivity contribution < 1.29 is 4.74 Å². The maximum absolute atomic E-state index is 9.08. The van der Waals surface area contributed by atoms with E-state index in [-0.39, 0.29) is 0 Å². The van der Waals surface area contributed by atoms with Crippen LogP contribution in [0.4, 0.5) is 0 Å². The van der Waals surface area contributed by atoms with E-state index in [9.17, 15) is 0 Å².